The summed E-state index contributed by atoms with van der Waals surface area (Å²) in [6.45, 7) is 2.77. The SMILES string of the molecule is CCCn1ncnc1COc1cc(B(O)O)ccc1F. The molecule has 0 unspecified atom stereocenters. The second kappa shape index (κ2) is 6.49. The molecule has 0 fully saturated rings. The van der Waals surface area contributed by atoms with Crippen molar-refractivity contribution in [2.45, 2.75) is 26.5 Å². The molecule has 0 aliphatic carbocycles. The molecule has 0 saturated heterocycles. The Balaban J connectivity index is 2.10. The highest BCUT2D eigenvalue weighted by Crippen LogP contribution is 2.16. The van der Waals surface area contributed by atoms with Crippen LogP contribution in [0, 0.1) is 5.82 Å². The average molecular weight is 279 g/mol. The zero-order valence-electron chi connectivity index (χ0n) is 11.0. The highest BCUT2D eigenvalue weighted by molar-refractivity contribution is 6.58. The minimum atomic E-state index is -1.67. The van der Waals surface area contributed by atoms with E-state index in [9.17, 15) is 4.39 Å². The number of halogens is 1. The van der Waals surface area contributed by atoms with Gasteiger partial charge in [-0.25, -0.2) is 14.1 Å². The van der Waals surface area contributed by atoms with Gasteiger partial charge in [0.1, 0.15) is 12.9 Å². The number of aromatic nitrogens is 3. The van der Waals surface area contributed by atoms with Crippen LogP contribution in [0.4, 0.5) is 4.39 Å². The summed E-state index contributed by atoms with van der Waals surface area (Å²) >= 11 is 0. The Morgan fingerprint density at radius 1 is 1.40 bits per heavy atom. The van der Waals surface area contributed by atoms with Crippen LogP contribution in [0.1, 0.15) is 19.2 Å². The largest absolute Gasteiger partial charge is 0.488 e. The molecule has 1 aromatic heterocycles. The molecule has 0 radical (unpaired) electrons. The molecule has 0 bridgehead atoms. The van der Waals surface area contributed by atoms with E-state index in [1.165, 1.54) is 18.5 Å². The van der Waals surface area contributed by atoms with E-state index in [0.717, 1.165) is 12.5 Å². The van der Waals surface area contributed by atoms with Crippen LogP contribution in [-0.2, 0) is 13.2 Å². The van der Waals surface area contributed by atoms with Crippen LogP contribution in [0.15, 0.2) is 24.5 Å². The van der Waals surface area contributed by atoms with Gasteiger partial charge in [-0.05, 0) is 24.0 Å². The Kier molecular flexibility index (Phi) is 4.70. The Morgan fingerprint density at radius 3 is 2.90 bits per heavy atom. The van der Waals surface area contributed by atoms with Gasteiger partial charge in [0.05, 0.1) is 0 Å². The first-order valence-electron chi connectivity index (χ1n) is 6.27. The Morgan fingerprint density at radius 2 is 2.20 bits per heavy atom. The van der Waals surface area contributed by atoms with Gasteiger partial charge in [-0.3, -0.25) is 0 Å². The fourth-order valence-electron chi connectivity index (χ4n) is 1.73. The first kappa shape index (κ1) is 14.5. The van der Waals surface area contributed by atoms with Gasteiger partial charge in [0.2, 0.25) is 0 Å². The Bertz CT molecular complexity index is 577. The van der Waals surface area contributed by atoms with Crippen molar-refractivity contribution in [2.75, 3.05) is 0 Å². The fraction of sp³-hybridized carbons (Fsp3) is 0.333. The third-order valence-corrected chi connectivity index (χ3v) is 2.74. The normalized spacial score (nSPS) is 10.6. The van der Waals surface area contributed by atoms with Gasteiger partial charge < -0.3 is 14.8 Å². The van der Waals surface area contributed by atoms with E-state index < -0.39 is 12.9 Å². The van der Waals surface area contributed by atoms with Gasteiger partial charge in [0, 0.05) is 6.54 Å². The number of hydrogen-bond acceptors (Lipinski definition) is 5. The summed E-state index contributed by atoms with van der Waals surface area (Å²) in [5.74, 6) is -0.0428. The van der Waals surface area contributed by atoms with Crippen molar-refractivity contribution in [3.05, 3.63) is 36.2 Å². The highest BCUT2D eigenvalue weighted by Gasteiger charge is 2.15. The molecule has 20 heavy (non-hydrogen) atoms. The van der Waals surface area contributed by atoms with Crippen LogP contribution >= 0.6 is 0 Å². The molecule has 1 aromatic carbocycles. The van der Waals surface area contributed by atoms with Crippen LogP contribution in [0.3, 0.4) is 0 Å². The maximum atomic E-state index is 13.6. The van der Waals surface area contributed by atoms with Gasteiger partial charge >= 0.3 is 7.12 Å². The van der Waals surface area contributed by atoms with E-state index in [-0.39, 0.29) is 17.8 Å². The van der Waals surface area contributed by atoms with Crippen LogP contribution < -0.4 is 10.2 Å². The van der Waals surface area contributed by atoms with Crippen molar-refractivity contribution in [3.8, 4) is 5.75 Å². The molecule has 2 aromatic rings. The number of nitrogens with zero attached hydrogens (tertiary/aromatic N) is 3. The summed E-state index contributed by atoms with van der Waals surface area (Å²) in [6.07, 6.45) is 2.32. The molecule has 0 spiro atoms. The molecule has 2 rings (SSSR count). The Labute approximate surface area is 116 Å². The van der Waals surface area contributed by atoms with Gasteiger partial charge in [0.15, 0.2) is 17.4 Å². The van der Waals surface area contributed by atoms with Crippen LogP contribution in [0.5, 0.6) is 5.75 Å². The van der Waals surface area contributed by atoms with Crippen LogP contribution in [0.25, 0.3) is 0 Å². The number of benzene rings is 1. The fourth-order valence-corrected chi connectivity index (χ4v) is 1.73. The van der Waals surface area contributed by atoms with Crippen LogP contribution in [-0.4, -0.2) is 31.9 Å². The van der Waals surface area contributed by atoms with Gasteiger partial charge in [-0.15, -0.1) is 0 Å². The lowest BCUT2D eigenvalue weighted by molar-refractivity contribution is 0.272. The predicted octanol–water partition coefficient (Wildman–Crippen LogP) is 0.0860. The minimum absolute atomic E-state index is 0.0540. The molecule has 2 N–H and O–H groups in total. The van der Waals surface area contributed by atoms with Crippen molar-refractivity contribution in [3.63, 3.8) is 0 Å². The molecular formula is C12H15BFN3O3. The zero-order chi connectivity index (χ0) is 14.5. The van der Waals surface area contributed by atoms with Gasteiger partial charge in [-0.1, -0.05) is 13.0 Å². The molecule has 0 aliphatic heterocycles. The molecule has 0 aliphatic rings. The molecule has 106 valence electrons. The second-order valence-electron chi connectivity index (χ2n) is 4.25. The van der Waals surface area contributed by atoms with Crippen molar-refractivity contribution in [2.24, 2.45) is 0 Å². The Hall–Kier alpha value is -1.93. The molecule has 8 heteroatoms. The minimum Gasteiger partial charge on any atom is -0.483 e. The van der Waals surface area contributed by atoms with Gasteiger partial charge in [-0.2, -0.15) is 5.10 Å². The average Bonchev–Trinajstić information content (AvgIpc) is 2.85. The van der Waals surface area contributed by atoms with E-state index in [1.54, 1.807) is 4.68 Å². The van der Waals surface area contributed by atoms with Crippen molar-refractivity contribution in [1.82, 2.24) is 14.8 Å². The standard InChI is InChI=1S/C12H15BFN3O3/c1-2-5-17-12(15-8-16-17)7-20-11-6-9(13(18)19)3-4-10(11)14/h3-4,6,8,18-19H,2,5,7H2,1H3. The quantitative estimate of drug-likeness (QED) is 0.732. The van der Waals surface area contributed by atoms with Gasteiger partial charge in [0.25, 0.3) is 0 Å². The lowest BCUT2D eigenvalue weighted by atomic mass is 9.80. The lowest BCUT2D eigenvalue weighted by Crippen LogP contribution is -2.29. The number of ether oxygens (including phenoxy) is 1. The zero-order valence-corrected chi connectivity index (χ0v) is 11.0. The van der Waals surface area contributed by atoms with E-state index in [1.807, 2.05) is 6.92 Å². The van der Waals surface area contributed by atoms with Crippen molar-refractivity contribution < 1.29 is 19.2 Å². The van der Waals surface area contributed by atoms with Crippen molar-refractivity contribution >= 4 is 12.6 Å². The van der Waals surface area contributed by atoms with Crippen LogP contribution in [0.2, 0.25) is 0 Å². The first-order chi connectivity index (χ1) is 9.61. The molecular weight excluding hydrogens is 264 g/mol. The molecule has 6 nitrogen and oxygen atoms in total. The monoisotopic (exact) mass is 279 g/mol. The molecule has 0 atom stereocenters. The summed E-state index contributed by atoms with van der Waals surface area (Å²) in [6, 6.07) is 3.66. The van der Waals surface area contributed by atoms with E-state index in [4.69, 9.17) is 14.8 Å². The second-order valence-corrected chi connectivity index (χ2v) is 4.25. The number of rotatable bonds is 6. The smallest absolute Gasteiger partial charge is 0.483 e. The van der Waals surface area contributed by atoms with E-state index >= 15 is 0 Å². The highest BCUT2D eigenvalue weighted by atomic mass is 19.1. The number of aryl methyl sites for hydroxylation is 1. The topological polar surface area (TPSA) is 80.4 Å². The molecule has 1 heterocycles. The summed E-state index contributed by atoms with van der Waals surface area (Å²) in [4.78, 5) is 4.04. The summed E-state index contributed by atoms with van der Waals surface area (Å²) in [7, 11) is -1.67. The predicted molar refractivity (Wildman–Crippen MR) is 70.9 cm³/mol. The third kappa shape index (κ3) is 3.34. The maximum Gasteiger partial charge on any atom is 0.488 e. The summed E-state index contributed by atoms with van der Waals surface area (Å²) < 4.78 is 20.6. The van der Waals surface area contributed by atoms with Crippen molar-refractivity contribution in [1.29, 1.82) is 0 Å². The lowest BCUT2D eigenvalue weighted by Gasteiger charge is -2.09. The number of hydrogen-bond donors (Lipinski definition) is 2. The third-order valence-electron chi connectivity index (χ3n) is 2.74. The summed E-state index contributed by atoms with van der Waals surface area (Å²) in [5.41, 5.74) is 0.163. The maximum absolute atomic E-state index is 13.6. The van der Waals surface area contributed by atoms with E-state index in [0.29, 0.717) is 12.4 Å². The van der Waals surface area contributed by atoms with E-state index in [2.05, 4.69) is 10.1 Å². The summed E-state index contributed by atoms with van der Waals surface area (Å²) in [5, 5.41) is 22.2. The molecule has 0 saturated carbocycles. The first-order valence-corrected chi connectivity index (χ1v) is 6.27. The molecule has 0 amide bonds.